The van der Waals surface area contributed by atoms with E-state index in [0.717, 1.165) is 15.6 Å². The Morgan fingerprint density at radius 1 is 1.07 bits per heavy atom. The molecule has 0 aliphatic rings. The highest BCUT2D eigenvalue weighted by molar-refractivity contribution is 8.01. The second kappa shape index (κ2) is 10.1. The van der Waals surface area contributed by atoms with Crippen LogP contribution in [0.3, 0.4) is 0 Å². The highest BCUT2D eigenvalue weighted by Gasteiger charge is 2.11. The molecular weight excluding hydrogens is 406 g/mol. The zero-order valence-corrected chi connectivity index (χ0v) is 17.7. The Morgan fingerprint density at radius 3 is 2.59 bits per heavy atom. The molecule has 2 aromatic carbocycles. The van der Waals surface area contributed by atoms with E-state index in [1.54, 1.807) is 19.2 Å². The number of thiazole rings is 1. The topological polar surface area (TPSA) is 80.3 Å². The van der Waals surface area contributed by atoms with Crippen molar-refractivity contribution in [2.24, 2.45) is 0 Å². The fourth-order valence-electron chi connectivity index (χ4n) is 2.47. The first-order valence-corrected chi connectivity index (χ1v) is 10.8. The maximum absolute atomic E-state index is 12.2. The number of ether oxygens (including phenoxy) is 1. The van der Waals surface area contributed by atoms with Crippen molar-refractivity contribution in [3.63, 3.8) is 0 Å². The van der Waals surface area contributed by atoms with Crippen molar-refractivity contribution in [1.82, 2.24) is 4.98 Å². The maximum atomic E-state index is 12.2. The number of aryl methyl sites for hydroxylation is 1. The summed E-state index contributed by atoms with van der Waals surface area (Å²) in [6.45, 7) is 2.00. The average molecular weight is 428 g/mol. The molecule has 0 aliphatic heterocycles. The largest absolute Gasteiger partial charge is 0.497 e. The number of hydrogen-bond acceptors (Lipinski definition) is 6. The molecule has 150 valence electrons. The Morgan fingerprint density at radius 2 is 1.83 bits per heavy atom. The minimum Gasteiger partial charge on any atom is -0.497 e. The lowest BCUT2D eigenvalue weighted by molar-refractivity contribution is -0.116. The number of methoxy groups -OCH3 is 1. The molecule has 0 bridgehead atoms. The lowest BCUT2D eigenvalue weighted by atomic mass is 10.2. The Labute approximate surface area is 177 Å². The third-order valence-electron chi connectivity index (χ3n) is 3.89. The first-order chi connectivity index (χ1) is 14.0. The number of benzene rings is 2. The summed E-state index contributed by atoms with van der Waals surface area (Å²) in [6, 6.07) is 14.8. The molecule has 29 heavy (non-hydrogen) atoms. The third kappa shape index (κ3) is 6.62. The summed E-state index contributed by atoms with van der Waals surface area (Å²) in [5.41, 5.74) is 3.28. The number of carbonyl (C=O) groups is 2. The molecule has 2 N–H and O–H groups in total. The summed E-state index contributed by atoms with van der Waals surface area (Å²) in [7, 11) is 1.58. The van der Waals surface area contributed by atoms with Crippen molar-refractivity contribution in [3.05, 3.63) is 65.2 Å². The van der Waals surface area contributed by atoms with Gasteiger partial charge >= 0.3 is 0 Å². The molecule has 1 heterocycles. The second-order valence-electron chi connectivity index (χ2n) is 6.26. The predicted octanol–water partition coefficient (Wildman–Crippen LogP) is 4.37. The van der Waals surface area contributed by atoms with Gasteiger partial charge in [-0.05, 0) is 31.2 Å². The zero-order valence-electron chi connectivity index (χ0n) is 16.1. The van der Waals surface area contributed by atoms with Crippen LogP contribution in [0, 0.1) is 6.92 Å². The second-order valence-corrected chi connectivity index (χ2v) is 8.35. The minimum atomic E-state index is -0.128. The summed E-state index contributed by atoms with van der Waals surface area (Å²) in [5, 5.41) is 7.53. The summed E-state index contributed by atoms with van der Waals surface area (Å²) in [4.78, 5) is 28.7. The standard InChI is InChI=1S/C21H21N3O3S2/c1-14-6-8-15(9-7-14)22-19(25)11-17-12-28-21(24-17)29-13-20(26)23-16-4-3-5-18(10-16)27-2/h3-10,12H,11,13H2,1-2H3,(H,22,25)(H,23,26). The van der Waals surface area contributed by atoms with Crippen LogP contribution in [0.15, 0.2) is 58.3 Å². The monoisotopic (exact) mass is 427 g/mol. The zero-order chi connectivity index (χ0) is 20.6. The average Bonchev–Trinajstić information content (AvgIpc) is 3.15. The normalized spacial score (nSPS) is 10.4. The van der Waals surface area contributed by atoms with Crippen LogP contribution in [-0.2, 0) is 16.0 Å². The van der Waals surface area contributed by atoms with Gasteiger partial charge in [0.1, 0.15) is 5.75 Å². The number of amides is 2. The number of thioether (sulfide) groups is 1. The molecule has 3 aromatic rings. The SMILES string of the molecule is COc1cccc(NC(=O)CSc2nc(CC(=O)Nc3ccc(C)cc3)cs2)c1. The van der Waals surface area contributed by atoms with Gasteiger partial charge in [-0.1, -0.05) is 35.5 Å². The van der Waals surface area contributed by atoms with Gasteiger partial charge in [0.25, 0.3) is 0 Å². The van der Waals surface area contributed by atoms with Gasteiger partial charge in [0.15, 0.2) is 4.34 Å². The number of anilines is 2. The van der Waals surface area contributed by atoms with Crippen molar-refractivity contribution in [1.29, 1.82) is 0 Å². The Balaban J connectivity index is 1.46. The van der Waals surface area contributed by atoms with Crippen LogP contribution in [0.5, 0.6) is 5.75 Å². The fourth-order valence-corrected chi connectivity index (χ4v) is 4.11. The predicted molar refractivity (Wildman–Crippen MR) is 118 cm³/mol. The summed E-state index contributed by atoms with van der Waals surface area (Å²) in [5.74, 6) is 0.673. The molecule has 0 unspecified atom stereocenters. The molecule has 0 atom stereocenters. The first-order valence-electron chi connectivity index (χ1n) is 8.89. The summed E-state index contributed by atoms with van der Waals surface area (Å²) >= 11 is 2.77. The molecule has 0 radical (unpaired) electrons. The van der Waals surface area contributed by atoms with Crippen LogP contribution in [0.2, 0.25) is 0 Å². The van der Waals surface area contributed by atoms with E-state index < -0.39 is 0 Å². The molecule has 3 rings (SSSR count). The van der Waals surface area contributed by atoms with E-state index in [1.807, 2.05) is 48.7 Å². The van der Waals surface area contributed by atoms with Crippen LogP contribution in [0.1, 0.15) is 11.3 Å². The highest BCUT2D eigenvalue weighted by Crippen LogP contribution is 2.24. The summed E-state index contributed by atoms with van der Waals surface area (Å²) in [6.07, 6.45) is 0.195. The molecule has 0 saturated heterocycles. The first kappa shape index (κ1) is 20.9. The number of nitrogens with one attached hydrogen (secondary N) is 2. The lowest BCUT2D eigenvalue weighted by Gasteiger charge is -2.06. The molecule has 0 aliphatic carbocycles. The van der Waals surface area contributed by atoms with Gasteiger partial charge in [-0.25, -0.2) is 4.98 Å². The number of carbonyl (C=O) groups excluding carboxylic acids is 2. The van der Waals surface area contributed by atoms with Gasteiger partial charge < -0.3 is 15.4 Å². The van der Waals surface area contributed by atoms with Gasteiger partial charge in [0.05, 0.1) is 25.0 Å². The molecule has 1 aromatic heterocycles. The fraction of sp³-hybridized carbons (Fsp3) is 0.190. The minimum absolute atomic E-state index is 0.119. The van der Waals surface area contributed by atoms with Crippen LogP contribution in [0.4, 0.5) is 11.4 Å². The van der Waals surface area contributed by atoms with Gasteiger partial charge in [-0.15, -0.1) is 11.3 Å². The Bertz CT molecular complexity index is 987. The molecule has 2 amide bonds. The van der Waals surface area contributed by atoms with E-state index in [1.165, 1.54) is 23.1 Å². The van der Waals surface area contributed by atoms with E-state index in [4.69, 9.17) is 4.74 Å². The number of aromatic nitrogens is 1. The quantitative estimate of drug-likeness (QED) is 0.522. The van der Waals surface area contributed by atoms with E-state index >= 15 is 0 Å². The molecule has 6 nitrogen and oxygen atoms in total. The third-order valence-corrected chi connectivity index (χ3v) is 5.96. The lowest BCUT2D eigenvalue weighted by Crippen LogP contribution is -2.14. The van der Waals surface area contributed by atoms with Crippen LogP contribution < -0.4 is 15.4 Å². The van der Waals surface area contributed by atoms with Crippen LogP contribution in [0.25, 0.3) is 0 Å². The molecule has 0 spiro atoms. The van der Waals surface area contributed by atoms with Crippen molar-refractivity contribution < 1.29 is 14.3 Å². The maximum Gasteiger partial charge on any atom is 0.234 e. The van der Waals surface area contributed by atoms with E-state index in [0.29, 0.717) is 17.1 Å². The van der Waals surface area contributed by atoms with Gasteiger partial charge in [0, 0.05) is 22.8 Å². The molecule has 0 fully saturated rings. The van der Waals surface area contributed by atoms with Gasteiger partial charge in [-0.2, -0.15) is 0 Å². The van der Waals surface area contributed by atoms with Crippen molar-refractivity contribution in [2.45, 2.75) is 17.7 Å². The molecule has 8 heteroatoms. The Hall–Kier alpha value is -2.84. The van der Waals surface area contributed by atoms with Crippen molar-refractivity contribution in [2.75, 3.05) is 23.5 Å². The Kier molecular flexibility index (Phi) is 7.26. The van der Waals surface area contributed by atoms with Crippen LogP contribution >= 0.6 is 23.1 Å². The van der Waals surface area contributed by atoms with Crippen molar-refractivity contribution in [3.8, 4) is 5.75 Å². The smallest absolute Gasteiger partial charge is 0.234 e. The van der Waals surface area contributed by atoms with Gasteiger partial charge in [0.2, 0.25) is 11.8 Å². The highest BCUT2D eigenvalue weighted by atomic mass is 32.2. The molecular formula is C21H21N3O3S2. The van der Waals surface area contributed by atoms with E-state index in [9.17, 15) is 9.59 Å². The molecule has 0 saturated carbocycles. The number of nitrogens with zero attached hydrogens (tertiary/aromatic N) is 1. The number of hydrogen-bond donors (Lipinski definition) is 2. The van der Waals surface area contributed by atoms with E-state index in [-0.39, 0.29) is 24.0 Å². The van der Waals surface area contributed by atoms with Crippen LogP contribution in [-0.4, -0.2) is 29.7 Å². The van der Waals surface area contributed by atoms with E-state index in [2.05, 4.69) is 15.6 Å². The summed E-state index contributed by atoms with van der Waals surface area (Å²) < 4.78 is 5.90. The van der Waals surface area contributed by atoms with Crippen molar-refractivity contribution >= 4 is 46.3 Å². The number of rotatable bonds is 8. The van der Waals surface area contributed by atoms with Gasteiger partial charge in [-0.3, -0.25) is 9.59 Å².